The summed E-state index contributed by atoms with van der Waals surface area (Å²) in [6.07, 6.45) is 1.28. The van der Waals surface area contributed by atoms with Gasteiger partial charge in [-0.1, -0.05) is 43.3 Å². The normalized spacial score (nSPS) is 12.6. The van der Waals surface area contributed by atoms with Gasteiger partial charge in [-0.15, -0.1) is 0 Å². The Bertz CT molecular complexity index is 914. The lowest BCUT2D eigenvalue weighted by Gasteiger charge is -2.24. The number of hydrogen-bond acceptors (Lipinski definition) is 4. The molecule has 0 unspecified atom stereocenters. The molecule has 0 aliphatic carbocycles. The molecule has 0 saturated heterocycles. The van der Waals surface area contributed by atoms with Crippen LogP contribution in [0.3, 0.4) is 0 Å². The monoisotopic (exact) mass is 418 g/mol. The minimum absolute atomic E-state index is 0.0188. The number of aryl methyl sites for hydroxylation is 1. The van der Waals surface area contributed by atoms with Crippen LogP contribution in [0, 0.1) is 6.92 Å². The van der Waals surface area contributed by atoms with E-state index in [-0.39, 0.29) is 35.7 Å². The number of nitrogens with zero attached hydrogens (tertiary/aromatic N) is 1. The minimum Gasteiger partial charge on any atom is -0.495 e. The van der Waals surface area contributed by atoms with Crippen molar-refractivity contribution >= 4 is 15.9 Å². The molecular weight excluding hydrogens is 388 g/mol. The Hall–Kier alpha value is -2.38. The molecule has 0 radical (unpaired) electrons. The molecule has 2 rings (SSSR count). The molecule has 1 N–H and O–H groups in total. The summed E-state index contributed by atoms with van der Waals surface area (Å²) in [5.74, 6) is -0.0507. The van der Waals surface area contributed by atoms with Crippen molar-refractivity contribution in [2.75, 3.05) is 20.2 Å². The highest BCUT2D eigenvalue weighted by Gasteiger charge is 2.29. The molecule has 0 heterocycles. The number of carbonyl (C=O) groups excluding carboxylic acids is 1. The lowest BCUT2D eigenvalue weighted by molar-refractivity contribution is -0.121. The maximum absolute atomic E-state index is 13.4. The molecule has 158 valence electrons. The molecule has 6 nitrogen and oxygen atoms in total. The highest BCUT2D eigenvalue weighted by molar-refractivity contribution is 7.89. The van der Waals surface area contributed by atoms with E-state index in [2.05, 4.69) is 5.32 Å². The predicted octanol–water partition coefficient (Wildman–Crippen LogP) is 3.15. The first-order valence-electron chi connectivity index (χ1n) is 9.76. The van der Waals surface area contributed by atoms with Crippen LogP contribution in [0.1, 0.15) is 31.4 Å². The van der Waals surface area contributed by atoms with Gasteiger partial charge in [-0.05, 0) is 49.9 Å². The van der Waals surface area contributed by atoms with Gasteiger partial charge < -0.3 is 10.1 Å². The Morgan fingerprint density at radius 2 is 1.86 bits per heavy atom. The highest BCUT2D eigenvalue weighted by atomic mass is 32.2. The first kappa shape index (κ1) is 22.9. The standard InChI is InChI=1S/C22H30N2O4S/c1-5-18(3)23-22(25)16-24(14-13-19-9-7-6-8-10-19)29(26,27)21-15-17(2)11-12-20(21)28-4/h6-12,15,18H,5,13-14,16H2,1-4H3,(H,23,25)/t18-/m1/s1. The van der Waals surface area contributed by atoms with Crippen LogP contribution < -0.4 is 10.1 Å². The van der Waals surface area contributed by atoms with Crippen LogP contribution in [-0.4, -0.2) is 44.9 Å². The SMILES string of the molecule is CC[C@@H](C)NC(=O)CN(CCc1ccccc1)S(=O)(=O)c1cc(C)ccc1OC. The zero-order valence-electron chi connectivity index (χ0n) is 17.5. The zero-order valence-corrected chi connectivity index (χ0v) is 18.3. The van der Waals surface area contributed by atoms with E-state index in [1.165, 1.54) is 11.4 Å². The van der Waals surface area contributed by atoms with E-state index < -0.39 is 10.0 Å². The van der Waals surface area contributed by atoms with Crippen LogP contribution in [0.2, 0.25) is 0 Å². The van der Waals surface area contributed by atoms with Crippen molar-refractivity contribution in [1.29, 1.82) is 0 Å². The van der Waals surface area contributed by atoms with Crippen molar-refractivity contribution in [3.05, 3.63) is 59.7 Å². The predicted molar refractivity (Wildman–Crippen MR) is 115 cm³/mol. The summed E-state index contributed by atoms with van der Waals surface area (Å²) in [5, 5.41) is 2.85. The van der Waals surface area contributed by atoms with E-state index in [0.29, 0.717) is 6.42 Å². The summed E-state index contributed by atoms with van der Waals surface area (Å²) in [6.45, 7) is 5.63. The summed E-state index contributed by atoms with van der Waals surface area (Å²) in [7, 11) is -2.49. The maximum Gasteiger partial charge on any atom is 0.247 e. The zero-order chi connectivity index (χ0) is 21.4. The van der Waals surface area contributed by atoms with Gasteiger partial charge in [-0.3, -0.25) is 4.79 Å². The Kier molecular flexibility index (Phi) is 8.22. The summed E-state index contributed by atoms with van der Waals surface area (Å²) in [4.78, 5) is 12.6. The number of amides is 1. The van der Waals surface area contributed by atoms with Crippen molar-refractivity contribution < 1.29 is 17.9 Å². The van der Waals surface area contributed by atoms with Gasteiger partial charge in [-0.25, -0.2) is 8.42 Å². The highest BCUT2D eigenvalue weighted by Crippen LogP contribution is 2.28. The lowest BCUT2D eigenvalue weighted by Crippen LogP contribution is -2.44. The third kappa shape index (κ3) is 6.30. The van der Waals surface area contributed by atoms with Crippen molar-refractivity contribution in [2.45, 2.75) is 44.6 Å². The molecular formula is C22H30N2O4S. The van der Waals surface area contributed by atoms with E-state index >= 15 is 0 Å². The van der Waals surface area contributed by atoms with Gasteiger partial charge in [-0.2, -0.15) is 4.31 Å². The second-order valence-electron chi connectivity index (χ2n) is 7.11. The molecule has 0 bridgehead atoms. The van der Waals surface area contributed by atoms with E-state index in [9.17, 15) is 13.2 Å². The molecule has 0 spiro atoms. The second kappa shape index (κ2) is 10.4. The summed E-state index contributed by atoms with van der Waals surface area (Å²) < 4.78 is 33.4. The fourth-order valence-electron chi connectivity index (χ4n) is 2.89. The molecule has 0 aromatic heterocycles. The smallest absolute Gasteiger partial charge is 0.247 e. The quantitative estimate of drug-likeness (QED) is 0.643. The molecule has 7 heteroatoms. The van der Waals surface area contributed by atoms with Gasteiger partial charge in [0.25, 0.3) is 0 Å². The Labute approximate surface area is 173 Å². The fraction of sp³-hybridized carbons (Fsp3) is 0.409. The Morgan fingerprint density at radius 1 is 1.17 bits per heavy atom. The molecule has 0 aliphatic rings. The number of nitrogens with one attached hydrogen (secondary N) is 1. The lowest BCUT2D eigenvalue weighted by atomic mass is 10.1. The number of rotatable bonds is 10. The first-order chi connectivity index (χ1) is 13.8. The van der Waals surface area contributed by atoms with E-state index in [1.807, 2.05) is 51.1 Å². The maximum atomic E-state index is 13.4. The van der Waals surface area contributed by atoms with Gasteiger partial charge in [0.2, 0.25) is 15.9 Å². The number of ether oxygens (including phenoxy) is 1. The third-order valence-electron chi connectivity index (χ3n) is 4.77. The van der Waals surface area contributed by atoms with E-state index in [4.69, 9.17) is 4.74 Å². The molecule has 1 atom stereocenters. The fourth-order valence-corrected chi connectivity index (χ4v) is 4.53. The van der Waals surface area contributed by atoms with Crippen LogP contribution >= 0.6 is 0 Å². The number of hydrogen-bond donors (Lipinski definition) is 1. The molecule has 0 saturated carbocycles. The van der Waals surface area contributed by atoms with Crippen LogP contribution in [-0.2, 0) is 21.2 Å². The topological polar surface area (TPSA) is 75.7 Å². The third-order valence-corrected chi connectivity index (χ3v) is 6.64. The van der Waals surface area contributed by atoms with Crippen LogP contribution in [0.4, 0.5) is 0 Å². The van der Waals surface area contributed by atoms with Gasteiger partial charge in [0, 0.05) is 12.6 Å². The Balaban J connectivity index is 2.34. The number of benzene rings is 2. The average molecular weight is 419 g/mol. The molecule has 1 amide bonds. The summed E-state index contributed by atoms with van der Waals surface area (Å²) in [5.41, 5.74) is 1.81. The molecule has 29 heavy (non-hydrogen) atoms. The number of sulfonamides is 1. The van der Waals surface area contributed by atoms with E-state index in [1.54, 1.807) is 18.2 Å². The summed E-state index contributed by atoms with van der Waals surface area (Å²) >= 11 is 0. The van der Waals surface area contributed by atoms with E-state index in [0.717, 1.165) is 17.5 Å². The van der Waals surface area contributed by atoms with Crippen molar-refractivity contribution in [3.8, 4) is 5.75 Å². The van der Waals surface area contributed by atoms with Crippen molar-refractivity contribution in [2.24, 2.45) is 0 Å². The minimum atomic E-state index is -3.93. The molecule has 2 aromatic rings. The van der Waals surface area contributed by atoms with Gasteiger partial charge in [0.05, 0.1) is 13.7 Å². The number of methoxy groups -OCH3 is 1. The van der Waals surface area contributed by atoms with Crippen LogP contribution in [0.25, 0.3) is 0 Å². The van der Waals surface area contributed by atoms with Crippen LogP contribution in [0.5, 0.6) is 5.75 Å². The average Bonchev–Trinajstić information content (AvgIpc) is 2.71. The first-order valence-corrected chi connectivity index (χ1v) is 11.2. The number of carbonyl (C=O) groups is 1. The molecule has 0 fully saturated rings. The molecule has 0 aliphatic heterocycles. The van der Waals surface area contributed by atoms with Gasteiger partial charge in [0.1, 0.15) is 10.6 Å². The molecule has 2 aromatic carbocycles. The van der Waals surface area contributed by atoms with Gasteiger partial charge >= 0.3 is 0 Å². The van der Waals surface area contributed by atoms with Gasteiger partial charge in [0.15, 0.2) is 0 Å². The Morgan fingerprint density at radius 3 is 2.48 bits per heavy atom. The van der Waals surface area contributed by atoms with Crippen LogP contribution in [0.15, 0.2) is 53.4 Å². The largest absolute Gasteiger partial charge is 0.495 e. The van der Waals surface area contributed by atoms with Crippen molar-refractivity contribution in [1.82, 2.24) is 9.62 Å². The summed E-state index contributed by atoms with van der Waals surface area (Å²) in [6, 6.07) is 14.6. The second-order valence-corrected chi connectivity index (χ2v) is 9.01. The van der Waals surface area contributed by atoms with Crippen molar-refractivity contribution in [3.63, 3.8) is 0 Å².